The average Bonchev–Trinajstić information content (AvgIpc) is 3.09. The third-order valence-electron chi connectivity index (χ3n) is 4.06. The largest absolute Gasteiger partial charge is 0.484 e. The number of aromatic nitrogens is 3. The smallest absolute Gasteiger partial charge is 0.422 e. The molecule has 4 aromatic rings. The van der Waals surface area contributed by atoms with Crippen molar-refractivity contribution in [3.8, 4) is 5.75 Å². The van der Waals surface area contributed by atoms with Gasteiger partial charge in [0.25, 0.3) is 5.56 Å². The molecule has 30 heavy (non-hydrogen) atoms. The summed E-state index contributed by atoms with van der Waals surface area (Å²) in [4.78, 5) is 29.0. The summed E-state index contributed by atoms with van der Waals surface area (Å²) in [5.41, 5.74) is 0.106. The number of nitrogens with one attached hydrogen (secondary N) is 1. The number of anilines is 1. The molecule has 0 saturated heterocycles. The second kappa shape index (κ2) is 7.75. The number of halogens is 3. The number of fused-ring (bicyclic) bond motifs is 2. The highest BCUT2D eigenvalue weighted by Crippen LogP contribution is 2.30. The van der Waals surface area contributed by atoms with E-state index in [2.05, 4.69) is 15.4 Å². The van der Waals surface area contributed by atoms with Gasteiger partial charge in [-0.25, -0.2) is 9.67 Å². The van der Waals surface area contributed by atoms with Gasteiger partial charge in [-0.3, -0.25) is 9.59 Å². The van der Waals surface area contributed by atoms with E-state index in [4.69, 9.17) is 4.74 Å². The lowest BCUT2D eigenvalue weighted by atomic mass is 10.2. The van der Waals surface area contributed by atoms with Gasteiger partial charge in [0.05, 0.1) is 21.8 Å². The molecule has 0 atom stereocenters. The Morgan fingerprint density at radius 1 is 1.20 bits per heavy atom. The summed E-state index contributed by atoms with van der Waals surface area (Å²) in [6, 6.07) is 11.2. The van der Waals surface area contributed by atoms with Crippen LogP contribution < -0.4 is 15.6 Å². The lowest BCUT2D eigenvalue weighted by Gasteiger charge is -2.08. The maximum Gasteiger partial charge on any atom is 0.422 e. The van der Waals surface area contributed by atoms with Gasteiger partial charge in [0.15, 0.2) is 11.7 Å². The van der Waals surface area contributed by atoms with E-state index in [-0.39, 0.29) is 23.0 Å². The molecular formula is C19H13F3N4O3S. The first-order chi connectivity index (χ1) is 14.3. The number of benzene rings is 2. The quantitative estimate of drug-likeness (QED) is 0.519. The van der Waals surface area contributed by atoms with Crippen LogP contribution >= 0.6 is 11.3 Å². The lowest BCUT2D eigenvalue weighted by molar-refractivity contribution is -0.153. The first kappa shape index (κ1) is 19.8. The van der Waals surface area contributed by atoms with E-state index < -0.39 is 18.7 Å². The van der Waals surface area contributed by atoms with Gasteiger partial charge in [-0.05, 0) is 24.3 Å². The molecule has 2 aromatic carbocycles. The topological polar surface area (TPSA) is 86.1 Å². The zero-order chi connectivity index (χ0) is 21.3. The highest BCUT2D eigenvalue weighted by Gasteiger charge is 2.28. The van der Waals surface area contributed by atoms with Gasteiger partial charge in [-0.15, -0.1) is 0 Å². The fraction of sp³-hybridized carbons (Fsp3) is 0.158. The molecule has 2 aromatic heterocycles. The summed E-state index contributed by atoms with van der Waals surface area (Å²) in [6.45, 7) is -1.70. The molecule has 0 bridgehead atoms. The minimum Gasteiger partial charge on any atom is -0.484 e. The standard InChI is InChI=1S/C19H13F3N4O3S/c20-19(21,22)10-29-12-5-6-14-15(7-12)30-18(24-14)25-16(27)9-26-17(28)13-4-2-1-3-11(13)8-23-26/h1-8H,9-10H2,(H,24,25,27). The number of thiazole rings is 1. The summed E-state index contributed by atoms with van der Waals surface area (Å²) < 4.78 is 43.2. The summed E-state index contributed by atoms with van der Waals surface area (Å²) in [5, 5.41) is 7.95. The number of hydrogen-bond acceptors (Lipinski definition) is 6. The molecular weight excluding hydrogens is 421 g/mol. The predicted octanol–water partition coefficient (Wildman–Crippen LogP) is 3.59. The third-order valence-corrected chi connectivity index (χ3v) is 5.00. The summed E-state index contributed by atoms with van der Waals surface area (Å²) in [5.74, 6) is -0.458. The van der Waals surface area contributed by atoms with E-state index in [1.165, 1.54) is 24.4 Å². The first-order valence-electron chi connectivity index (χ1n) is 8.63. The molecule has 1 amide bonds. The molecule has 0 spiro atoms. The highest BCUT2D eigenvalue weighted by molar-refractivity contribution is 7.22. The normalized spacial score (nSPS) is 11.7. The molecule has 4 rings (SSSR count). The van der Waals surface area contributed by atoms with Crippen LogP contribution in [0.15, 0.2) is 53.5 Å². The molecule has 0 unspecified atom stereocenters. The van der Waals surface area contributed by atoms with Crippen molar-refractivity contribution < 1.29 is 22.7 Å². The second-order valence-corrected chi connectivity index (χ2v) is 7.33. The zero-order valence-electron chi connectivity index (χ0n) is 15.1. The van der Waals surface area contributed by atoms with Crippen molar-refractivity contribution >= 4 is 43.4 Å². The van der Waals surface area contributed by atoms with E-state index in [0.717, 1.165) is 16.0 Å². The number of ether oxygens (including phenoxy) is 1. The lowest BCUT2D eigenvalue weighted by Crippen LogP contribution is -2.29. The monoisotopic (exact) mass is 434 g/mol. The van der Waals surface area contributed by atoms with Crippen LogP contribution in [0.1, 0.15) is 0 Å². The number of alkyl halides is 3. The molecule has 0 aliphatic rings. The molecule has 0 radical (unpaired) electrons. The molecule has 0 fully saturated rings. The molecule has 0 saturated carbocycles. The van der Waals surface area contributed by atoms with E-state index in [1.54, 1.807) is 24.3 Å². The van der Waals surface area contributed by atoms with Crippen LogP contribution in [0.5, 0.6) is 5.75 Å². The fourth-order valence-corrected chi connectivity index (χ4v) is 3.66. The first-order valence-corrected chi connectivity index (χ1v) is 9.45. The van der Waals surface area contributed by atoms with Gasteiger partial charge in [0, 0.05) is 5.39 Å². The second-order valence-electron chi connectivity index (χ2n) is 6.30. The van der Waals surface area contributed by atoms with Crippen LogP contribution in [0.25, 0.3) is 21.0 Å². The molecule has 11 heteroatoms. The summed E-state index contributed by atoms with van der Waals surface area (Å²) in [6.07, 6.45) is -2.93. The number of nitrogens with zero attached hydrogens (tertiary/aromatic N) is 3. The van der Waals surface area contributed by atoms with Crippen molar-refractivity contribution in [3.05, 3.63) is 59.0 Å². The minimum atomic E-state index is -4.43. The van der Waals surface area contributed by atoms with Crippen LogP contribution in [0.2, 0.25) is 0 Å². The molecule has 7 nitrogen and oxygen atoms in total. The number of hydrogen-bond donors (Lipinski definition) is 1. The van der Waals surface area contributed by atoms with Gasteiger partial charge in [0.1, 0.15) is 12.3 Å². The van der Waals surface area contributed by atoms with Gasteiger partial charge < -0.3 is 10.1 Å². The van der Waals surface area contributed by atoms with Gasteiger partial charge in [-0.2, -0.15) is 18.3 Å². The van der Waals surface area contributed by atoms with Crippen molar-refractivity contribution in [2.75, 3.05) is 11.9 Å². The molecule has 0 aliphatic carbocycles. The van der Waals surface area contributed by atoms with Crippen molar-refractivity contribution in [2.45, 2.75) is 12.7 Å². The van der Waals surface area contributed by atoms with Gasteiger partial charge in [-0.1, -0.05) is 29.5 Å². The molecule has 0 aliphatic heterocycles. The Labute approximate surface area is 170 Å². The third kappa shape index (κ3) is 4.40. The van der Waals surface area contributed by atoms with Crippen molar-refractivity contribution in [2.24, 2.45) is 0 Å². The van der Waals surface area contributed by atoms with Crippen LogP contribution in [-0.4, -0.2) is 33.5 Å². The van der Waals surface area contributed by atoms with E-state index in [9.17, 15) is 22.8 Å². The van der Waals surface area contributed by atoms with Crippen molar-refractivity contribution in [3.63, 3.8) is 0 Å². The van der Waals surface area contributed by atoms with Crippen molar-refractivity contribution in [1.82, 2.24) is 14.8 Å². The van der Waals surface area contributed by atoms with E-state index in [0.29, 0.717) is 21.0 Å². The Bertz CT molecular complexity index is 1300. The van der Waals surface area contributed by atoms with Gasteiger partial charge >= 0.3 is 6.18 Å². The predicted molar refractivity (Wildman–Crippen MR) is 106 cm³/mol. The number of amides is 1. The van der Waals surface area contributed by atoms with Crippen LogP contribution in [0.3, 0.4) is 0 Å². The Balaban J connectivity index is 1.48. The summed E-state index contributed by atoms with van der Waals surface area (Å²) >= 11 is 1.08. The molecule has 1 N–H and O–H groups in total. The maximum atomic E-state index is 12.4. The Morgan fingerprint density at radius 2 is 2.00 bits per heavy atom. The number of carbonyl (C=O) groups is 1. The summed E-state index contributed by atoms with van der Waals surface area (Å²) in [7, 11) is 0. The van der Waals surface area contributed by atoms with Crippen LogP contribution in [0, 0.1) is 0 Å². The SMILES string of the molecule is O=C(Cn1ncc2ccccc2c1=O)Nc1nc2ccc(OCC(F)(F)F)cc2s1. The fourth-order valence-electron chi connectivity index (χ4n) is 2.75. The van der Waals surface area contributed by atoms with Crippen LogP contribution in [0.4, 0.5) is 18.3 Å². The highest BCUT2D eigenvalue weighted by atomic mass is 32.1. The van der Waals surface area contributed by atoms with E-state index in [1.807, 2.05) is 0 Å². The number of carbonyl (C=O) groups excluding carboxylic acids is 1. The average molecular weight is 434 g/mol. The van der Waals surface area contributed by atoms with E-state index >= 15 is 0 Å². The van der Waals surface area contributed by atoms with Gasteiger partial charge in [0.2, 0.25) is 5.91 Å². The zero-order valence-corrected chi connectivity index (χ0v) is 16.0. The number of rotatable bonds is 5. The Hall–Kier alpha value is -3.47. The maximum absolute atomic E-state index is 12.4. The Morgan fingerprint density at radius 3 is 2.80 bits per heavy atom. The molecule has 154 valence electrons. The minimum absolute atomic E-state index is 0.0493. The van der Waals surface area contributed by atoms with Crippen LogP contribution in [-0.2, 0) is 11.3 Å². The van der Waals surface area contributed by atoms with Crippen molar-refractivity contribution in [1.29, 1.82) is 0 Å². The Kier molecular flexibility index (Phi) is 5.12. The molecule has 2 heterocycles.